The molecule has 1 N–H and O–H groups in total. The summed E-state index contributed by atoms with van der Waals surface area (Å²) in [5.74, 6) is 1.33. The number of benzene rings is 1. The smallest absolute Gasteiger partial charge is 0.233 e. The third-order valence-corrected chi connectivity index (χ3v) is 3.27. The number of hydrogen-bond acceptors (Lipinski definition) is 3. The molecule has 0 aliphatic carbocycles. The fraction of sp³-hybridized carbons (Fsp3) is 0.154. The minimum atomic E-state index is 0.555. The Kier molecular flexibility index (Phi) is 4.74. The van der Waals surface area contributed by atoms with Gasteiger partial charge in [0.25, 0.3) is 0 Å². The fourth-order valence-electron chi connectivity index (χ4n) is 1.51. The van der Waals surface area contributed by atoms with E-state index in [4.69, 9.17) is 4.74 Å². The van der Waals surface area contributed by atoms with Gasteiger partial charge in [0, 0.05) is 17.2 Å². The van der Waals surface area contributed by atoms with Gasteiger partial charge < -0.3 is 10.1 Å². The molecule has 94 valence electrons. The zero-order valence-electron chi connectivity index (χ0n) is 9.78. The number of aromatic nitrogens is 1. The van der Waals surface area contributed by atoms with Gasteiger partial charge in [-0.25, -0.2) is 4.98 Å². The molecule has 18 heavy (non-hydrogen) atoms. The number of pyridine rings is 1. The number of ether oxygens (including phenoxy) is 1. The predicted molar refractivity (Wildman–Crippen MR) is 78.9 cm³/mol. The van der Waals surface area contributed by atoms with Crippen LogP contribution < -0.4 is 10.1 Å². The molecule has 0 aliphatic heterocycles. The van der Waals surface area contributed by atoms with Gasteiger partial charge in [-0.05, 0) is 62.7 Å². The normalized spacial score (nSPS) is 10.4. The molecule has 5 heteroatoms. The first kappa shape index (κ1) is 13.5. The van der Waals surface area contributed by atoms with Crippen molar-refractivity contribution < 1.29 is 4.74 Å². The summed E-state index contributed by atoms with van der Waals surface area (Å²) in [5.41, 5.74) is 1.17. The van der Waals surface area contributed by atoms with Gasteiger partial charge in [-0.2, -0.15) is 0 Å². The molecule has 2 aromatic rings. The minimum Gasteiger partial charge on any atom is -0.438 e. The van der Waals surface area contributed by atoms with Gasteiger partial charge in [0.2, 0.25) is 5.88 Å². The van der Waals surface area contributed by atoms with Crippen LogP contribution in [-0.2, 0) is 6.54 Å². The molecule has 0 unspecified atom stereocenters. The maximum absolute atomic E-state index is 5.74. The van der Waals surface area contributed by atoms with Gasteiger partial charge in [0.05, 0.1) is 4.47 Å². The number of nitrogens with zero attached hydrogens (tertiary/aromatic N) is 1. The van der Waals surface area contributed by atoms with Crippen molar-refractivity contribution in [2.45, 2.75) is 6.54 Å². The first-order valence-electron chi connectivity index (χ1n) is 5.41. The molecule has 2 rings (SSSR count). The maximum Gasteiger partial charge on any atom is 0.233 e. The summed E-state index contributed by atoms with van der Waals surface area (Å²) in [4.78, 5) is 4.22. The standard InChI is InChI=1S/C13H12Br2N2O/c1-16-7-9-3-2-4-11(5-9)18-13-12(15)6-10(14)8-17-13/h2-6,8,16H,7H2,1H3. The zero-order chi connectivity index (χ0) is 13.0. The molecule has 0 saturated heterocycles. The van der Waals surface area contributed by atoms with Crippen molar-refractivity contribution in [3.05, 3.63) is 51.0 Å². The van der Waals surface area contributed by atoms with E-state index >= 15 is 0 Å². The van der Waals surface area contributed by atoms with E-state index in [-0.39, 0.29) is 0 Å². The molecule has 1 aromatic carbocycles. The second-order valence-electron chi connectivity index (χ2n) is 3.72. The second-order valence-corrected chi connectivity index (χ2v) is 5.49. The van der Waals surface area contributed by atoms with Gasteiger partial charge in [-0.15, -0.1) is 0 Å². The Bertz CT molecular complexity index is 546. The minimum absolute atomic E-state index is 0.555. The molecule has 1 aromatic heterocycles. The number of nitrogens with one attached hydrogen (secondary N) is 1. The van der Waals surface area contributed by atoms with E-state index in [1.165, 1.54) is 5.56 Å². The molecular weight excluding hydrogens is 360 g/mol. The van der Waals surface area contributed by atoms with Crippen LogP contribution in [0.2, 0.25) is 0 Å². The molecule has 0 atom stereocenters. The third kappa shape index (κ3) is 3.54. The lowest BCUT2D eigenvalue weighted by molar-refractivity contribution is 0.458. The Morgan fingerprint density at radius 1 is 1.28 bits per heavy atom. The van der Waals surface area contributed by atoms with Gasteiger partial charge in [0.15, 0.2) is 0 Å². The van der Waals surface area contributed by atoms with Crippen molar-refractivity contribution >= 4 is 31.9 Å². The fourth-order valence-corrected chi connectivity index (χ4v) is 2.58. The van der Waals surface area contributed by atoms with Crippen molar-refractivity contribution in [2.24, 2.45) is 0 Å². The van der Waals surface area contributed by atoms with E-state index < -0.39 is 0 Å². The highest BCUT2D eigenvalue weighted by molar-refractivity contribution is 9.11. The summed E-state index contributed by atoms with van der Waals surface area (Å²) < 4.78 is 7.47. The van der Waals surface area contributed by atoms with Gasteiger partial charge in [-0.3, -0.25) is 0 Å². The summed E-state index contributed by atoms with van der Waals surface area (Å²) in [6.07, 6.45) is 1.71. The van der Waals surface area contributed by atoms with Gasteiger partial charge in [-0.1, -0.05) is 12.1 Å². The summed E-state index contributed by atoms with van der Waals surface area (Å²) >= 11 is 6.78. The van der Waals surface area contributed by atoms with Crippen molar-refractivity contribution in [3.8, 4) is 11.6 Å². The highest BCUT2D eigenvalue weighted by atomic mass is 79.9. The van der Waals surface area contributed by atoms with E-state index in [2.05, 4.69) is 42.2 Å². The molecule has 1 heterocycles. The topological polar surface area (TPSA) is 34.1 Å². The quantitative estimate of drug-likeness (QED) is 0.877. The van der Waals surface area contributed by atoms with E-state index in [0.717, 1.165) is 21.2 Å². The van der Waals surface area contributed by atoms with Crippen molar-refractivity contribution in [1.29, 1.82) is 0 Å². The van der Waals surface area contributed by atoms with Crippen LogP contribution in [0.3, 0.4) is 0 Å². The Hall–Kier alpha value is -0.910. The Balaban J connectivity index is 2.20. The lowest BCUT2D eigenvalue weighted by Gasteiger charge is -2.08. The van der Waals surface area contributed by atoms with Crippen LogP contribution in [0.1, 0.15) is 5.56 Å². The molecule has 3 nitrogen and oxygen atoms in total. The average Bonchev–Trinajstić information content (AvgIpc) is 2.34. The van der Waals surface area contributed by atoms with E-state index in [1.54, 1.807) is 6.20 Å². The van der Waals surface area contributed by atoms with Crippen LogP contribution in [0.5, 0.6) is 11.6 Å². The predicted octanol–water partition coefficient (Wildman–Crippen LogP) is 4.12. The monoisotopic (exact) mass is 370 g/mol. The maximum atomic E-state index is 5.74. The lowest BCUT2D eigenvalue weighted by atomic mass is 10.2. The Morgan fingerprint density at radius 3 is 2.83 bits per heavy atom. The molecule has 0 amide bonds. The molecule has 0 fully saturated rings. The van der Waals surface area contributed by atoms with Crippen LogP contribution in [0, 0.1) is 0 Å². The second kappa shape index (κ2) is 6.31. The van der Waals surface area contributed by atoms with Crippen LogP contribution >= 0.6 is 31.9 Å². The Labute approximate surface area is 123 Å². The summed E-state index contributed by atoms with van der Waals surface area (Å²) in [6.45, 7) is 0.812. The SMILES string of the molecule is CNCc1cccc(Oc2ncc(Br)cc2Br)c1. The van der Waals surface area contributed by atoms with E-state index in [0.29, 0.717) is 5.88 Å². The molecule has 0 saturated carbocycles. The third-order valence-electron chi connectivity index (χ3n) is 2.27. The van der Waals surface area contributed by atoms with Gasteiger partial charge in [0.1, 0.15) is 5.75 Å². The molecule has 0 spiro atoms. The number of rotatable bonds is 4. The highest BCUT2D eigenvalue weighted by Gasteiger charge is 2.05. The highest BCUT2D eigenvalue weighted by Crippen LogP contribution is 2.29. The van der Waals surface area contributed by atoms with Crippen LogP contribution in [-0.4, -0.2) is 12.0 Å². The van der Waals surface area contributed by atoms with E-state index in [9.17, 15) is 0 Å². The first-order chi connectivity index (χ1) is 8.69. The largest absolute Gasteiger partial charge is 0.438 e. The summed E-state index contributed by atoms with van der Waals surface area (Å²) in [7, 11) is 1.92. The molecular formula is C13H12Br2N2O. The molecule has 0 radical (unpaired) electrons. The van der Waals surface area contributed by atoms with Crippen molar-refractivity contribution in [2.75, 3.05) is 7.05 Å². The number of hydrogen-bond donors (Lipinski definition) is 1. The van der Waals surface area contributed by atoms with Gasteiger partial charge >= 0.3 is 0 Å². The first-order valence-corrected chi connectivity index (χ1v) is 7.00. The van der Waals surface area contributed by atoms with Crippen LogP contribution in [0.25, 0.3) is 0 Å². The van der Waals surface area contributed by atoms with Crippen molar-refractivity contribution in [1.82, 2.24) is 10.3 Å². The number of halogens is 2. The summed E-state index contributed by atoms with van der Waals surface area (Å²) in [6, 6.07) is 9.82. The van der Waals surface area contributed by atoms with Crippen LogP contribution in [0.4, 0.5) is 0 Å². The van der Waals surface area contributed by atoms with Crippen molar-refractivity contribution in [3.63, 3.8) is 0 Å². The zero-order valence-corrected chi connectivity index (χ0v) is 13.0. The molecule has 0 bridgehead atoms. The molecule has 0 aliphatic rings. The Morgan fingerprint density at radius 2 is 2.11 bits per heavy atom. The average molecular weight is 372 g/mol. The van der Waals surface area contributed by atoms with Crippen LogP contribution in [0.15, 0.2) is 45.5 Å². The summed E-state index contributed by atoms with van der Waals surface area (Å²) in [5, 5.41) is 3.11. The van der Waals surface area contributed by atoms with E-state index in [1.807, 2.05) is 37.4 Å². The lowest BCUT2D eigenvalue weighted by Crippen LogP contribution is -2.04.